The van der Waals surface area contributed by atoms with Gasteiger partial charge in [-0.25, -0.2) is 0 Å². The number of aromatic nitrogens is 2. The molecule has 0 radical (unpaired) electrons. The Hall–Kier alpha value is -1.43. The monoisotopic (exact) mass is 293 g/mol. The van der Waals surface area contributed by atoms with Gasteiger partial charge in [-0.1, -0.05) is 5.16 Å². The van der Waals surface area contributed by atoms with Crippen molar-refractivity contribution in [1.29, 1.82) is 0 Å². The lowest BCUT2D eigenvalue weighted by Crippen LogP contribution is -2.25. The zero-order valence-corrected chi connectivity index (χ0v) is 12.6. The summed E-state index contributed by atoms with van der Waals surface area (Å²) in [5.74, 6) is 2.68. The number of likely N-dealkylation sites (tertiary alicyclic amines) is 1. The molecule has 2 aliphatic rings. The third-order valence-corrected chi connectivity index (χ3v) is 4.56. The quantitative estimate of drug-likeness (QED) is 0.846. The summed E-state index contributed by atoms with van der Waals surface area (Å²) in [4.78, 5) is 17.8. The highest BCUT2D eigenvalue weighted by Gasteiger charge is 2.25. The van der Waals surface area contributed by atoms with E-state index in [4.69, 9.17) is 9.26 Å². The predicted molar refractivity (Wildman–Crippen MR) is 75.8 cm³/mol. The fourth-order valence-corrected chi connectivity index (χ4v) is 3.17. The molecule has 0 aliphatic carbocycles. The first-order valence-corrected chi connectivity index (χ1v) is 7.88. The second kappa shape index (κ2) is 6.56. The van der Waals surface area contributed by atoms with Gasteiger partial charge >= 0.3 is 0 Å². The molecule has 3 rings (SSSR count). The Morgan fingerprint density at radius 2 is 2.14 bits per heavy atom. The number of amides is 1. The van der Waals surface area contributed by atoms with Crippen LogP contribution in [0.2, 0.25) is 0 Å². The number of hydrogen-bond acceptors (Lipinski definition) is 5. The molecule has 21 heavy (non-hydrogen) atoms. The van der Waals surface area contributed by atoms with E-state index in [0.717, 1.165) is 70.1 Å². The summed E-state index contributed by atoms with van der Waals surface area (Å²) in [5.41, 5.74) is 0. The molecule has 6 nitrogen and oxygen atoms in total. The van der Waals surface area contributed by atoms with Gasteiger partial charge in [-0.05, 0) is 31.6 Å². The highest BCUT2D eigenvalue weighted by Crippen LogP contribution is 2.26. The van der Waals surface area contributed by atoms with E-state index in [1.54, 1.807) is 6.92 Å². The molecule has 2 aliphatic heterocycles. The number of carbonyl (C=O) groups is 1. The maximum Gasteiger partial charge on any atom is 0.229 e. The van der Waals surface area contributed by atoms with Crippen LogP contribution in [-0.4, -0.2) is 47.3 Å². The average molecular weight is 293 g/mol. The molecular formula is C15H23N3O3. The summed E-state index contributed by atoms with van der Waals surface area (Å²) >= 11 is 0. The number of carbonyl (C=O) groups excluding carboxylic acids is 1. The van der Waals surface area contributed by atoms with Gasteiger partial charge in [0.05, 0.1) is 0 Å². The minimum Gasteiger partial charge on any atom is -0.381 e. The number of aryl methyl sites for hydroxylation is 1. The molecular weight excluding hydrogens is 270 g/mol. The summed E-state index contributed by atoms with van der Waals surface area (Å²) < 4.78 is 10.7. The second-order valence-corrected chi connectivity index (χ2v) is 6.09. The van der Waals surface area contributed by atoms with Crippen molar-refractivity contribution in [2.75, 3.05) is 26.3 Å². The first kappa shape index (κ1) is 14.5. The lowest BCUT2D eigenvalue weighted by molar-refractivity contribution is -0.127. The SMILES string of the molecule is CC(=O)N1CCC(CCc2noc(C3CCOCC3)n2)C1. The third-order valence-electron chi connectivity index (χ3n) is 4.56. The van der Waals surface area contributed by atoms with Crippen molar-refractivity contribution in [1.82, 2.24) is 15.0 Å². The first-order chi connectivity index (χ1) is 10.2. The van der Waals surface area contributed by atoms with E-state index in [1.807, 2.05) is 4.90 Å². The van der Waals surface area contributed by atoms with E-state index in [0.29, 0.717) is 11.8 Å². The zero-order chi connectivity index (χ0) is 14.7. The highest BCUT2D eigenvalue weighted by molar-refractivity contribution is 5.73. The van der Waals surface area contributed by atoms with Gasteiger partial charge < -0.3 is 14.2 Å². The van der Waals surface area contributed by atoms with Crippen LogP contribution >= 0.6 is 0 Å². The third kappa shape index (κ3) is 3.61. The van der Waals surface area contributed by atoms with Gasteiger partial charge in [0, 0.05) is 45.6 Å². The van der Waals surface area contributed by atoms with Gasteiger partial charge in [0.15, 0.2) is 5.82 Å². The van der Waals surface area contributed by atoms with Crippen molar-refractivity contribution in [2.24, 2.45) is 5.92 Å². The maximum absolute atomic E-state index is 11.3. The largest absolute Gasteiger partial charge is 0.381 e. The van der Waals surface area contributed by atoms with E-state index in [1.165, 1.54) is 0 Å². The molecule has 6 heteroatoms. The molecule has 0 aromatic carbocycles. The van der Waals surface area contributed by atoms with Crippen LogP contribution in [0.5, 0.6) is 0 Å². The van der Waals surface area contributed by atoms with Crippen molar-refractivity contribution < 1.29 is 14.1 Å². The molecule has 0 saturated carbocycles. The van der Waals surface area contributed by atoms with Gasteiger partial charge in [0.2, 0.25) is 11.8 Å². The molecule has 1 amide bonds. The van der Waals surface area contributed by atoms with E-state index >= 15 is 0 Å². The van der Waals surface area contributed by atoms with Crippen LogP contribution in [0.25, 0.3) is 0 Å². The summed E-state index contributed by atoms with van der Waals surface area (Å²) in [6, 6.07) is 0. The lowest BCUT2D eigenvalue weighted by Gasteiger charge is -2.17. The molecule has 1 unspecified atom stereocenters. The van der Waals surface area contributed by atoms with Gasteiger partial charge in [0.1, 0.15) is 0 Å². The Labute approximate surface area is 124 Å². The fraction of sp³-hybridized carbons (Fsp3) is 0.800. The highest BCUT2D eigenvalue weighted by atomic mass is 16.5. The summed E-state index contributed by atoms with van der Waals surface area (Å²) in [7, 11) is 0. The van der Waals surface area contributed by atoms with Gasteiger partial charge in [-0.2, -0.15) is 4.98 Å². The normalized spacial score (nSPS) is 23.7. The molecule has 116 valence electrons. The number of hydrogen-bond donors (Lipinski definition) is 0. The van der Waals surface area contributed by atoms with Crippen molar-refractivity contribution >= 4 is 5.91 Å². The van der Waals surface area contributed by atoms with Crippen LogP contribution in [0.1, 0.15) is 50.2 Å². The molecule has 0 bridgehead atoms. The fourth-order valence-electron chi connectivity index (χ4n) is 3.17. The van der Waals surface area contributed by atoms with E-state index < -0.39 is 0 Å². The Kier molecular flexibility index (Phi) is 4.53. The number of nitrogens with zero attached hydrogens (tertiary/aromatic N) is 3. The molecule has 1 aromatic heterocycles. The zero-order valence-electron chi connectivity index (χ0n) is 12.6. The Morgan fingerprint density at radius 3 is 2.86 bits per heavy atom. The molecule has 2 fully saturated rings. The van der Waals surface area contributed by atoms with Gasteiger partial charge in [-0.3, -0.25) is 4.79 Å². The van der Waals surface area contributed by atoms with Crippen molar-refractivity contribution in [3.05, 3.63) is 11.7 Å². The second-order valence-electron chi connectivity index (χ2n) is 6.09. The lowest BCUT2D eigenvalue weighted by atomic mass is 10.0. The van der Waals surface area contributed by atoms with Crippen molar-refractivity contribution in [3.8, 4) is 0 Å². The van der Waals surface area contributed by atoms with Crippen LogP contribution in [0.4, 0.5) is 0 Å². The Morgan fingerprint density at radius 1 is 1.33 bits per heavy atom. The first-order valence-electron chi connectivity index (χ1n) is 7.88. The van der Waals surface area contributed by atoms with Crippen LogP contribution in [-0.2, 0) is 16.0 Å². The average Bonchev–Trinajstić information content (AvgIpc) is 3.15. The van der Waals surface area contributed by atoms with E-state index in [2.05, 4.69) is 10.1 Å². The summed E-state index contributed by atoms with van der Waals surface area (Å²) in [6.07, 6.45) is 4.89. The molecule has 2 saturated heterocycles. The molecule has 1 atom stereocenters. The number of rotatable bonds is 4. The van der Waals surface area contributed by atoms with Gasteiger partial charge in [-0.15, -0.1) is 0 Å². The van der Waals surface area contributed by atoms with Gasteiger partial charge in [0.25, 0.3) is 0 Å². The van der Waals surface area contributed by atoms with E-state index in [9.17, 15) is 4.79 Å². The summed E-state index contributed by atoms with van der Waals surface area (Å²) in [6.45, 7) is 4.97. The molecule has 0 N–H and O–H groups in total. The van der Waals surface area contributed by atoms with Crippen LogP contribution < -0.4 is 0 Å². The molecule has 1 aromatic rings. The maximum atomic E-state index is 11.3. The van der Waals surface area contributed by atoms with Crippen LogP contribution in [0.15, 0.2) is 4.52 Å². The predicted octanol–water partition coefficient (Wildman–Crippen LogP) is 1.76. The van der Waals surface area contributed by atoms with Crippen LogP contribution in [0, 0.1) is 5.92 Å². The smallest absolute Gasteiger partial charge is 0.229 e. The van der Waals surface area contributed by atoms with Crippen molar-refractivity contribution in [3.63, 3.8) is 0 Å². The Balaban J connectivity index is 1.48. The minimum atomic E-state index is 0.180. The standard InChI is InChI=1S/C15H23N3O3/c1-11(19)18-7-4-12(10-18)2-3-14-16-15(21-17-14)13-5-8-20-9-6-13/h12-13H,2-10H2,1H3. The number of ether oxygens (including phenoxy) is 1. The molecule has 3 heterocycles. The van der Waals surface area contributed by atoms with Crippen LogP contribution in [0.3, 0.4) is 0 Å². The topological polar surface area (TPSA) is 68.5 Å². The molecule has 0 spiro atoms. The Bertz CT molecular complexity index is 482. The van der Waals surface area contributed by atoms with Crippen molar-refractivity contribution in [2.45, 2.75) is 44.9 Å². The minimum absolute atomic E-state index is 0.180. The van der Waals surface area contributed by atoms with E-state index in [-0.39, 0.29) is 5.91 Å². The summed E-state index contributed by atoms with van der Waals surface area (Å²) in [5, 5.41) is 4.10.